The minimum absolute atomic E-state index is 0.00392. The molecule has 40 heavy (non-hydrogen) atoms. The summed E-state index contributed by atoms with van der Waals surface area (Å²) in [6, 6.07) is 1.02. The van der Waals surface area contributed by atoms with E-state index in [0.717, 1.165) is 0 Å². The minimum Gasteiger partial charge on any atom is -0.508 e. The highest BCUT2D eigenvalue weighted by Gasteiger charge is 2.31. The summed E-state index contributed by atoms with van der Waals surface area (Å²) in [7, 11) is 0. The number of primary amides is 1. The topological polar surface area (TPSA) is 243 Å². The van der Waals surface area contributed by atoms with Gasteiger partial charge in [-0.25, -0.2) is 9.78 Å². The van der Waals surface area contributed by atoms with Gasteiger partial charge in [0.1, 0.15) is 23.9 Å². The molecule has 0 spiro atoms. The molecule has 0 aliphatic carbocycles. The number of carbonyl (C=O) groups is 5. The number of nitrogens with two attached hydrogens (primary N) is 2. The molecule has 1 aromatic heterocycles. The smallest absolute Gasteiger partial charge is 0.326 e. The van der Waals surface area contributed by atoms with Crippen LogP contribution in [0.25, 0.3) is 0 Å². The van der Waals surface area contributed by atoms with Gasteiger partial charge in [-0.3, -0.25) is 19.2 Å². The molecule has 0 fully saturated rings. The predicted octanol–water partition coefficient (Wildman–Crippen LogP) is -0.922. The fourth-order valence-electron chi connectivity index (χ4n) is 3.77. The molecule has 5 unspecified atom stereocenters. The van der Waals surface area contributed by atoms with Gasteiger partial charge in [-0.2, -0.15) is 0 Å². The molecule has 0 radical (unpaired) electrons. The zero-order valence-corrected chi connectivity index (χ0v) is 22.4. The third kappa shape index (κ3) is 10.0. The van der Waals surface area contributed by atoms with E-state index in [4.69, 9.17) is 11.5 Å². The molecule has 5 atom stereocenters. The molecule has 10 N–H and O–H groups in total. The Hall–Kier alpha value is -4.46. The largest absolute Gasteiger partial charge is 0.508 e. The van der Waals surface area contributed by atoms with Gasteiger partial charge >= 0.3 is 5.97 Å². The van der Waals surface area contributed by atoms with Crippen LogP contribution in [0.4, 0.5) is 0 Å². The van der Waals surface area contributed by atoms with E-state index in [1.165, 1.54) is 36.8 Å². The molecule has 218 valence electrons. The van der Waals surface area contributed by atoms with Crippen LogP contribution < -0.4 is 27.4 Å². The molecule has 1 aromatic carbocycles. The maximum absolute atomic E-state index is 13.3. The average Bonchev–Trinajstić information content (AvgIpc) is 3.43. The first-order valence-electron chi connectivity index (χ1n) is 12.8. The van der Waals surface area contributed by atoms with E-state index in [9.17, 15) is 34.2 Å². The number of carboxylic acids is 1. The Morgan fingerprint density at radius 1 is 0.950 bits per heavy atom. The molecular formula is C26H37N7O7. The second-order valence-electron chi connectivity index (χ2n) is 9.59. The van der Waals surface area contributed by atoms with Crippen LogP contribution >= 0.6 is 0 Å². The van der Waals surface area contributed by atoms with Gasteiger partial charge in [0.15, 0.2) is 0 Å². The van der Waals surface area contributed by atoms with Crippen molar-refractivity contribution in [2.24, 2.45) is 17.4 Å². The maximum atomic E-state index is 13.3. The van der Waals surface area contributed by atoms with E-state index in [0.29, 0.717) is 17.7 Å². The van der Waals surface area contributed by atoms with Crippen molar-refractivity contribution in [2.75, 3.05) is 0 Å². The molecule has 1 heterocycles. The first-order valence-corrected chi connectivity index (χ1v) is 12.8. The molecule has 14 heteroatoms. The number of imidazole rings is 1. The molecule has 0 aliphatic heterocycles. The second-order valence-corrected chi connectivity index (χ2v) is 9.59. The van der Waals surface area contributed by atoms with E-state index in [-0.39, 0.29) is 37.4 Å². The monoisotopic (exact) mass is 559 g/mol. The number of aliphatic carboxylic acids is 1. The number of H-pyrrole nitrogens is 1. The Morgan fingerprint density at radius 3 is 2.10 bits per heavy atom. The van der Waals surface area contributed by atoms with Crippen LogP contribution in [0.5, 0.6) is 5.75 Å². The van der Waals surface area contributed by atoms with E-state index in [2.05, 4.69) is 25.9 Å². The number of carbonyl (C=O) groups excluding carboxylic acids is 4. The third-order valence-corrected chi connectivity index (χ3v) is 6.47. The first kappa shape index (κ1) is 31.8. The van der Waals surface area contributed by atoms with Crippen molar-refractivity contribution in [3.05, 3.63) is 48.0 Å². The Labute approximate surface area is 231 Å². The highest BCUT2D eigenvalue weighted by atomic mass is 16.4. The highest BCUT2D eigenvalue weighted by Crippen LogP contribution is 2.12. The quantitative estimate of drug-likeness (QED) is 0.127. The lowest BCUT2D eigenvalue weighted by atomic mass is 9.98. The minimum atomic E-state index is -1.38. The first-order chi connectivity index (χ1) is 18.9. The maximum Gasteiger partial charge on any atom is 0.326 e. The number of nitrogens with one attached hydrogen (secondary N) is 4. The van der Waals surface area contributed by atoms with Crippen LogP contribution in [-0.4, -0.2) is 73.9 Å². The number of aromatic nitrogens is 2. The molecule has 0 bridgehead atoms. The summed E-state index contributed by atoms with van der Waals surface area (Å²) in [4.78, 5) is 69.3. The summed E-state index contributed by atoms with van der Waals surface area (Å²) in [5.74, 6) is -4.40. The van der Waals surface area contributed by atoms with Crippen LogP contribution in [0.1, 0.15) is 44.4 Å². The van der Waals surface area contributed by atoms with Gasteiger partial charge in [0, 0.05) is 31.2 Å². The van der Waals surface area contributed by atoms with Gasteiger partial charge < -0.3 is 42.6 Å². The van der Waals surface area contributed by atoms with Crippen molar-refractivity contribution in [1.82, 2.24) is 25.9 Å². The zero-order valence-electron chi connectivity index (χ0n) is 22.4. The third-order valence-electron chi connectivity index (χ3n) is 6.47. The number of carboxylic acid groups (broad SMARTS) is 1. The van der Waals surface area contributed by atoms with Gasteiger partial charge in [0.2, 0.25) is 23.6 Å². The average molecular weight is 560 g/mol. The Kier molecular flexibility index (Phi) is 12.1. The molecular weight excluding hydrogens is 522 g/mol. The Bertz CT molecular complexity index is 1150. The van der Waals surface area contributed by atoms with E-state index < -0.39 is 53.8 Å². The normalized spacial score (nSPS) is 14.7. The van der Waals surface area contributed by atoms with Crippen LogP contribution in [0.3, 0.4) is 0 Å². The van der Waals surface area contributed by atoms with Crippen LogP contribution in [0.15, 0.2) is 36.8 Å². The Morgan fingerprint density at radius 2 is 1.55 bits per heavy atom. The van der Waals surface area contributed by atoms with Crippen LogP contribution in [0, 0.1) is 5.92 Å². The number of nitrogens with zero attached hydrogens (tertiary/aromatic N) is 1. The van der Waals surface area contributed by atoms with Crippen molar-refractivity contribution in [2.45, 2.75) is 70.1 Å². The molecule has 0 aliphatic rings. The van der Waals surface area contributed by atoms with Gasteiger partial charge in [-0.1, -0.05) is 32.4 Å². The number of phenolic OH excluding ortho intramolecular Hbond substituents is 1. The summed E-state index contributed by atoms with van der Waals surface area (Å²) in [5, 5.41) is 26.6. The summed E-state index contributed by atoms with van der Waals surface area (Å²) in [6.07, 6.45) is 2.91. The predicted molar refractivity (Wildman–Crippen MR) is 143 cm³/mol. The molecule has 2 aromatic rings. The van der Waals surface area contributed by atoms with Crippen molar-refractivity contribution >= 4 is 29.6 Å². The van der Waals surface area contributed by atoms with Crippen molar-refractivity contribution in [1.29, 1.82) is 0 Å². The van der Waals surface area contributed by atoms with Crippen LogP contribution in [-0.2, 0) is 36.8 Å². The number of hydrogen-bond donors (Lipinski definition) is 8. The van der Waals surface area contributed by atoms with Gasteiger partial charge in [-0.05, 0) is 30.0 Å². The van der Waals surface area contributed by atoms with E-state index >= 15 is 0 Å². The standard InChI is InChI=1S/C26H37N7O7/c1-3-14(2)22(28)25(38)32-19(11-16-12-29-13-30-16)24(37)31-18(8-9-21(27)35)23(36)33-20(26(39)40)10-15-4-6-17(34)7-5-15/h4-7,12-14,18-20,22,34H,3,8-11,28H2,1-2H3,(H2,27,35)(H,29,30)(H,31,37)(H,32,38)(H,33,36)(H,39,40). The van der Waals surface area contributed by atoms with Gasteiger partial charge in [0.25, 0.3) is 0 Å². The van der Waals surface area contributed by atoms with E-state index in [1.807, 2.05) is 6.92 Å². The lowest BCUT2D eigenvalue weighted by Crippen LogP contribution is -2.58. The summed E-state index contributed by atoms with van der Waals surface area (Å²) >= 11 is 0. The Balaban J connectivity index is 2.22. The number of amides is 4. The fraction of sp³-hybridized carbons (Fsp3) is 0.462. The molecule has 4 amide bonds. The molecule has 0 saturated carbocycles. The van der Waals surface area contributed by atoms with Crippen molar-refractivity contribution < 1.29 is 34.2 Å². The van der Waals surface area contributed by atoms with Gasteiger partial charge in [-0.15, -0.1) is 0 Å². The number of aromatic hydroxyl groups is 1. The number of rotatable bonds is 16. The zero-order chi connectivity index (χ0) is 29.8. The van der Waals surface area contributed by atoms with Gasteiger partial charge in [0.05, 0.1) is 12.4 Å². The van der Waals surface area contributed by atoms with E-state index in [1.54, 1.807) is 6.92 Å². The number of aromatic amines is 1. The summed E-state index contributed by atoms with van der Waals surface area (Å²) in [6.45, 7) is 3.68. The summed E-state index contributed by atoms with van der Waals surface area (Å²) in [5.41, 5.74) is 12.3. The molecule has 14 nitrogen and oxygen atoms in total. The lowest BCUT2D eigenvalue weighted by molar-refractivity contribution is -0.142. The van der Waals surface area contributed by atoms with Crippen molar-refractivity contribution in [3.63, 3.8) is 0 Å². The number of hydrogen-bond acceptors (Lipinski definition) is 8. The number of benzene rings is 1. The summed E-state index contributed by atoms with van der Waals surface area (Å²) < 4.78 is 0. The molecule has 0 saturated heterocycles. The van der Waals surface area contributed by atoms with Crippen LogP contribution in [0.2, 0.25) is 0 Å². The SMILES string of the molecule is CCC(C)C(N)C(=O)NC(Cc1cnc[nH]1)C(=O)NC(CCC(N)=O)C(=O)NC(Cc1ccc(O)cc1)C(=O)O. The lowest BCUT2D eigenvalue weighted by Gasteiger charge is -2.26. The fourth-order valence-corrected chi connectivity index (χ4v) is 3.77. The van der Waals surface area contributed by atoms with Crippen molar-refractivity contribution in [3.8, 4) is 5.75 Å². The second kappa shape index (κ2) is 15.2. The highest BCUT2D eigenvalue weighted by molar-refractivity contribution is 5.94. The number of phenols is 1. The molecule has 2 rings (SSSR count).